The summed E-state index contributed by atoms with van der Waals surface area (Å²) in [6.45, 7) is 4.62. The lowest BCUT2D eigenvalue weighted by molar-refractivity contribution is 0.384. The van der Waals surface area contributed by atoms with Gasteiger partial charge in [0.2, 0.25) is 0 Å². The first-order valence-corrected chi connectivity index (χ1v) is 12.5. The molecule has 166 valence electrons. The Morgan fingerprint density at radius 3 is 2.30 bits per heavy atom. The number of fused-ring (bicyclic) bond motifs is 3. The zero-order valence-corrected chi connectivity index (χ0v) is 19.8. The van der Waals surface area contributed by atoms with Crippen molar-refractivity contribution in [1.29, 1.82) is 0 Å². The van der Waals surface area contributed by atoms with E-state index < -0.39 is 0 Å². The van der Waals surface area contributed by atoms with E-state index in [0.717, 1.165) is 18.5 Å². The summed E-state index contributed by atoms with van der Waals surface area (Å²) in [6, 6.07) is 26.6. The van der Waals surface area contributed by atoms with Gasteiger partial charge in [-0.05, 0) is 67.5 Å². The van der Waals surface area contributed by atoms with Crippen LogP contribution < -0.4 is 0 Å². The van der Waals surface area contributed by atoms with Crippen LogP contribution in [-0.2, 0) is 23.7 Å². The van der Waals surface area contributed by atoms with E-state index in [-0.39, 0.29) is 10.8 Å². The van der Waals surface area contributed by atoms with Gasteiger partial charge in [0, 0.05) is 28.7 Å². The molecule has 0 radical (unpaired) electrons. The monoisotopic (exact) mass is 432 g/mol. The molecule has 0 aromatic heterocycles. The van der Waals surface area contributed by atoms with Gasteiger partial charge in [0.05, 0.1) is 11.4 Å². The zero-order valence-electron chi connectivity index (χ0n) is 19.8. The van der Waals surface area contributed by atoms with Crippen molar-refractivity contribution in [2.24, 2.45) is 9.98 Å². The highest BCUT2D eigenvalue weighted by Gasteiger charge is 2.42. The van der Waals surface area contributed by atoms with Crippen molar-refractivity contribution >= 4 is 22.8 Å². The first-order valence-electron chi connectivity index (χ1n) is 12.5. The van der Waals surface area contributed by atoms with E-state index in [1.54, 1.807) is 0 Å². The molecule has 1 spiro atoms. The SMILES string of the molecule is CC1=Nc2cc(CC3=Nc4ccccc4C3(C)Cc3ccccc3)ccc2C12CCCCC2. The molecule has 3 aromatic rings. The van der Waals surface area contributed by atoms with Crippen LogP contribution in [0.1, 0.15) is 68.2 Å². The van der Waals surface area contributed by atoms with Crippen LogP contribution in [0.5, 0.6) is 0 Å². The molecule has 2 heterocycles. The molecule has 2 aliphatic heterocycles. The first-order chi connectivity index (χ1) is 16.1. The molecule has 1 aliphatic carbocycles. The standard InChI is InChI=1S/C31H32N2/c1-22-31(17-9-4-10-18-31)26-16-15-24(19-28(26)32-22)20-29-30(2,21-23-11-5-3-6-12-23)25-13-7-8-14-27(25)33-29/h3,5-8,11-16,19H,4,9-10,17-18,20-21H2,1-2H3. The fraction of sp³-hybridized carbons (Fsp3) is 0.355. The summed E-state index contributed by atoms with van der Waals surface area (Å²) in [6.07, 6.45) is 8.35. The third-order valence-electron chi connectivity index (χ3n) is 8.43. The van der Waals surface area contributed by atoms with Crippen molar-refractivity contribution in [3.63, 3.8) is 0 Å². The Balaban J connectivity index is 1.34. The van der Waals surface area contributed by atoms with Crippen LogP contribution in [0.2, 0.25) is 0 Å². The normalized spacial score (nSPS) is 22.6. The van der Waals surface area contributed by atoms with Gasteiger partial charge < -0.3 is 0 Å². The third kappa shape index (κ3) is 3.30. The molecule has 0 saturated heterocycles. The minimum atomic E-state index is -0.0965. The Hall–Kier alpha value is -3.00. The second kappa shape index (κ2) is 7.80. The highest BCUT2D eigenvalue weighted by molar-refractivity contribution is 6.04. The Morgan fingerprint density at radius 1 is 0.727 bits per heavy atom. The number of aliphatic imine (C=N–C) groups is 2. The van der Waals surface area contributed by atoms with E-state index in [0.29, 0.717) is 0 Å². The van der Waals surface area contributed by atoms with Gasteiger partial charge in [0.1, 0.15) is 0 Å². The van der Waals surface area contributed by atoms with Crippen LogP contribution in [0.4, 0.5) is 11.4 Å². The Morgan fingerprint density at radius 2 is 1.48 bits per heavy atom. The summed E-state index contributed by atoms with van der Waals surface area (Å²) >= 11 is 0. The predicted octanol–water partition coefficient (Wildman–Crippen LogP) is 7.82. The molecule has 6 rings (SSSR count). The van der Waals surface area contributed by atoms with Crippen molar-refractivity contribution in [2.75, 3.05) is 0 Å². The van der Waals surface area contributed by atoms with E-state index >= 15 is 0 Å². The molecule has 0 bridgehead atoms. The van der Waals surface area contributed by atoms with Crippen LogP contribution >= 0.6 is 0 Å². The van der Waals surface area contributed by atoms with Crippen molar-refractivity contribution in [2.45, 2.75) is 69.6 Å². The molecule has 1 fully saturated rings. The van der Waals surface area contributed by atoms with Gasteiger partial charge in [0.15, 0.2) is 0 Å². The molecule has 33 heavy (non-hydrogen) atoms. The molecule has 1 atom stereocenters. The second-order valence-corrected chi connectivity index (χ2v) is 10.4. The minimum Gasteiger partial charge on any atom is -0.257 e. The van der Waals surface area contributed by atoms with E-state index in [9.17, 15) is 0 Å². The smallest absolute Gasteiger partial charge is 0.0673 e. The largest absolute Gasteiger partial charge is 0.257 e. The molecule has 0 N–H and O–H groups in total. The summed E-state index contributed by atoms with van der Waals surface area (Å²) in [5.41, 5.74) is 10.5. The van der Waals surface area contributed by atoms with Crippen molar-refractivity contribution < 1.29 is 0 Å². The Kier molecular flexibility index (Phi) is 4.87. The minimum absolute atomic E-state index is 0.0965. The molecule has 3 aromatic carbocycles. The zero-order chi connectivity index (χ0) is 22.5. The van der Waals surface area contributed by atoms with Crippen molar-refractivity contribution in [3.05, 3.63) is 95.1 Å². The fourth-order valence-corrected chi connectivity index (χ4v) is 6.54. The number of benzene rings is 3. The average molecular weight is 433 g/mol. The van der Waals surface area contributed by atoms with Gasteiger partial charge >= 0.3 is 0 Å². The van der Waals surface area contributed by atoms with Gasteiger partial charge in [-0.3, -0.25) is 9.98 Å². The fourth-order valence-electron chi connectivity index (χ4n) is 6.54. The molecule has 2 nitrogen and oxygen atoms in total. The summed E-state index contributed by atoms with van der Waals surface area (Å²) in [5, 5.41) is 0. The third-order valence-corrected chi connectivity index (χ3v) is 8.43. The van der Waals surface area contributed by atoms with E-state index in [1.807, 2.05) is 0 Å². The molecular weight excluding hydrogens is 400 g/mol. The quantitative estimate of drug-likeness (QED) is 0.401. The molecule has 3 aliphatic rings. The van der Waals surface area contributed by atoms with E-state index in [4.69, 9.17) is 9.98 Å². The van der Waals surface area contributed by atoms with Crippen LogP contribution in [0.25, 0.3) is 0 Å². The lowest BCUT2D eigenvalue weighted by atomic mass is 9.67. The Bertz CT molecular complexity index is 1260. The maximum Gasteiger partial charge on any atom is 0.0673 e. The highest BCUT2D eigenvalue weighted by atomic mass is 14.8. The maximum absolute atomic E-state index is 5.17. The van der Waals surface area contributed by atoms with E-state index in [1.165, 1.54) is 71.5 Å². The summed E-state index contributed by atoms with van der Waals surface area (Å²) in [7, 11) is 0. The molecule has 1 saturated carbocycles. The molecular formula is C31H32N2. The number of hydrogen-bond donors (Lipinski definition) is 0. The van der Waals surface area contributed by atoms with Gasteiger partial charge in [-0.2, -0.15) is 0 Å². The number of hydrogen-bond acceptors (Lipinski definition) is 2. The number of nitrogens with zero attached hydrogens (tertiary/aromatic N) is 2. The van der Waals surface area contributed by atoms with Crippen LogP contribution in [0.15, 0.2) is 82.8 Å². The summed E-state index contributed by atoms with van der Waals surface area (Å²) < 4.78 is 0. The lowest BCUT2D eigenvalue weighted by Crippen LogP contribution is -2.34. The Labute approximate surface area is 197 Å². The summed E-state index contributed by atoms with van der Waals surface area (Å²) in [5.74, 6) is 0. The van der Waals surface area contributed by atoms with Gasteiger partial charge in [-0.15, -0.1) is 0 Å². The maximum atomic E-state index is 5.17. The topological polar surface area (TPSA) is 24.7 Å². The first kappa shape index (κ1) is 20.6. The predicted molar refractivity (Wildman–Crippen MR) is 139 cm³/mol. The second-order valence-electron chi connectivity index (χ2n) is 10.4. The average Bonchev–Trinajstić information content (AvgIpc) is 3.25. The van der Waals surface area contributed by atoms with E-state index in [2.05, 4.69) is 86.6 Å². The summed E-state index contributed by atoms with van der Waals surface area (Å²) in [4.78, 5) is 10.3. The van der Waals surface area contributed by atoms with Gasteiger partial charge in [-0.25, -0.2) is 0 Å². The molecule has 2 heteroatoms. The van der Waals surface area contributed by atoms with Crippen LogP contribution in [0, 0.1) is 0 Å². The molecule has 0 amide bonds. The number of para-hydroxylation sites is 1. The lowest BCUT2D eigenvalue weighted by Gasteiger charge is -2.35. The van der Waals surface area contributed by atoms with Crippen molar-refractivity contribution in [3.8, 4) is 0 Å². The van der Waals surface area contributed by atoms with Gasteiger partial charge in [-0.1, -0.05) is 79.9 Å². The number of rotatable bonds is 4. The van der Waals surface area contributed by atoms with Crippen LogP contribution in [-0.4, -0.2) is 11.4 Å². The van der Waals surface area contributed by atoms with Crippen molar-refractivity contribution in [1.82, 2.24) is 0 Å². The highest BCUT2D eigenvalue weighted by Crippen LogP contribution is 2.49. The van der Waals surface area contributed by atoms with Gasteiger partial charge in [0.25, 0.3) is 0 Å². The molecule has 1 unspecified atom stereocenters. The van der Waals surface area contributed by atoms with Crippen LogP contribution in [0.3, 0.4) is 0 Å².